The second kappa shape index (κ2) is 30.3. The van der Waals surface area contributed by atoms with Gasteiger partial charge in [0.2, 0.25) is 5.91 Å². The van der Waals surface area contributed by atoms with E-state index in [0.29, 0.717) is 13.0 Å². The van der Waals surface area contributed by atoms with Gasteiger partial charge in [-0.25, -0.2) is 0 Å². The van der Waals surface area contributed by atoms with Gasteiger partial charge < -0.3 is 9.30 Å². The van der Waals surface area contributed by atoms with Crippen LogP contribution in [-0.4, -0.2) is 112 Å². The summed E-state index contributed by atoms with van der Waals surface area (Å²) in [6.07, 6.45) is 19.1. The summed E-state index contributed by atoms with van der Waals surface area (Å²) in [7, 11) is -8.20. The number of carbonyl (C=O) groups excluding carboxylic acids is 2. The molecule has 1 saturated heterocycles. The minimum absolute atomic E-state index is 0.0197. The zero-order valence-corrected chi connectivity index (χ0v) is 62.0. The Morgan fingerprint density at radius 2 is 1.27 bits per heavy atom. The van der Waals surface area contributed by atoms with Crippen LogP contribution in [0.5, 0.6) is 0 Å². The fourth-order valence-electron chi connectivity index (χ4n) is 9.38. The third-order valence-corrected chi connectivity index (χ3v) is 48.2. The number of allylic oxidation sites excluding steroid dienone is 3. The quantitative estimate of drug-likeness (QED) is 0.0123. The molecular formula is C60H118INO7Si4Sn. The number of amides is 1. The monoisotopic (exact) mass is 1320 g/mol. The van der Waals surface area contributed by atoms with E-state index in [4.69, 9.17) is 23.1 Å². The number of rotatable bonds is 33. The first kappa shape index (κ1) is 72.1. The molecule has 14 heteroatoms. The van der Waals surface area contributed by atoms with E-state index in [9.17, 15) is 4.79 Å². The van der Waals surface area contributed by atoms with Crippen molar-refractivity contribution >= 4 is 85.8 Å². The van der Waals surface area contributed by atoms with Crippen molar-refractivity contribution in [1.82, 2.24) is 4.57 Å². The molecule has 0 aliphatic carbocycles. The number of unbranched alkanes of at least 4 members (excludes halogenated alkanes) is 3. The van der Waals surface area contributed by atoms with Gasteiger partial charge in [-0.2, -0.15) is 0 Å². The third kappa shape index (κ3) is 21.9. The van der Waals surface area contributed by atoms with Gasteiger partial charge in [-0.1, -0.05) is 87.3 Å². The van der Waals surface area contributed by atoms with Crippen molar-refractivity contribution in [3.63, 3.8) is 0 Å². The Kier molecular flexibility index (Phi) is 29.5. The van der Waals surface area contributed by atoms with Crippen LogP contribution in [0.3, 0.4) is 0 Å². The molecule has 7 atom stereocenters. The molecule has 1 amide bonds. The molecule has 1 aliphatic rings. The van der Waals surface area contributed by atoms with E-state index in [1.807, 2.05) is 6.92 Å². The van der Waals surface area contributed by atoms with Gasteiger partial charge in [-0.05, 0) is 69.2 Å². The average molecular weight is 1320 g/mol. The van der Waals surface area contributed by atoms with Crippen LogP contribution in [0, 0.1) is 11.3 Å². The first-order chi connectivity index (χ1) is 33.6. The molecule has 0 aromatic carbocycles. The molecule has 1 aliphatic heterocycles. The summed E-state index contributed by atoms with van der Waals surface area (Å²) < 4.78 is 44.7. The fourth-order valence-corrected chi connectivity index (χ4v) is 30.1. The number of β-lactam (4-membered cyclic amide) rings is 1. The van der Waals surface area contributed by atoms with Crippen LogP contribution >= 0.6 is 22.6 Å². The summed E-state index contributed by atoms with van der Waals surface area (Å²) in [6.45, 7) is 59.4. The molecule has 8 nitrogen and oxygen atoms in total. The first-order valence-corrected chi connectivity index (χ1v) is 50.3. The number of hydrogen-bond donors (Lipinski definition) is 0. The van der Waals surface area contributed by atoms with Gasteiger partial charge in [0.1, 0.15) is 11.5 Å². The van der Waals surface area contributed by atoms with Gasteiger partial charge in [0.15, 0.2) is 16.6 Å². The molecular weight excluding hydrogens is 1200 g/mol. The molecule has 0 unspecified atom stereocenters. The first-order valence-electron chi connectivity index (χ1n) is 29.0. The van der Waals surface area contributed by atoms with E-state index in [1.165, 1.54) is 58.8 Å². The number of esters is 1. The van der Waals surface area contributed by atoms with Crippen LogP contribution in [0.4, 0.5) is 0 Å². The van der Waals surface area contributed by atoms with Crippen molar-refractivity contribution in [2.24, 2.45) is 11.3 Å². The molecule has 432 valence electrons. The molecule has 1 rings (SSSR count). The van der Waals surface area contributed by atoms with Crippen molar-refractivity contribution in [2.75, 3.05) is 13.4 Å². The van der Waals surface area contributed by atoms with Crippen LogP contribution in [0.1, 0.15) is 169 Å². The standard InChI is InChI=1S/C48H91INO7Si4.3C4H9.Sn/c1-25-39(56-60(21,22)46(9,10)11)28-26-35(2)27-29-40(54-34-53-30-31-58(16,17)18)33-41(57-61(23,24)47(12,13)14)37(4)43(55-38(5)51)48(15)42(32-36(3)49)50(44(48)52)59(19,20)45(6,7)8;3*1-3-4-2;/h1,25-27,29,32,37,39-43H,28,30-31,33-34H2,2-24H3;3*1,3-4H2,2H3;/b25-1?,29-27+,35-26+,36-32+;;;;/t37-,39+,40+,41+,42+,43-,48-;;;;/m0..../s1. The zero-order valence-electron chi connectivity index (χ0n) is 53.0. The summed E-state index contributed by atoms with van der Waals surface area (Å²) in [4.78, 5) is 28.5. The molecule has 0 spiro atoms. The fraction of sp³-hybridized carbons (Fsp3) is 0.833. The van der Waals surface area contributed by atoms with Crippen molar-refractivity contribution in [3.05, 3.63) is 43.6 Å². The number of carbonyl (C=O) groups is 2. The van der Waals surface area contributed by atoms with Crippen LogP contribution in [0.15, 0.2) is 43.6 Å². The second-order valence-electron chi connectivity index (χ2n) is 28.5. The number of halogens is 1. The van der Waals surface area contributed by atoms with E-state index in [2.05, 4.69) is 224 Å². The maximum absolute atomic E-state index is 15.1. The SMILES string of the molecule is CCC[CH2][Sn](/[CH]=C/[C@H](C/C=C(C)/C=C/[C@H](C[C@@H](O[Si](C)(C)C(C)(C)C)[C@H](C)[C@H](OC(C)=O)[C@@]1(C)C(=O)N([Si](C)(C)C(C)(C)C)[C@@H]1/C=C(\C)I)OCOCC[Si](C)(C)C)O[Si](C)(C)C(C)(C)C)([CH2]CCC)[CH2]CCC. The van der Waals surface area contributed by atoms with Crippen molar-refractivity contribution in [2.45, 2.75) is 293 Å². The average Bonchev–Trinajstić information content (AvgIpc) is 3.25. The van der Waals surface area contributed by atoms with Gasteiger partial charge >= 0.3 is 247 Å². The number of hydrogen-bond acceptors (Lipinski definition) is 7. The van der Waals surface area contributed by atoms with E-state index >= 15 is 4.79 Å². The van der Waals surface area contributed by atoms with Gasteiger partial charge in [0.25, 0.3) is 0 Å². The van der Waals surface area contributed by atoms with Crippen molar-refractivity contribution in [1.29, 1.82) is 0 Å². The Balaban J connectivity index is 4.08. The summed E-state index contributed by atoms with van der Waals surface area (Å²) in [5, 5.41) is -0.0806. The van der Waals surface area contributed by atoms with Gasteiger partial charge in [0, 0.05) is 21.6 Å². The summed E-state index contributed by atoms with van der Waals surface area (Å²) in [5.41, 5.74) is 0.152. The van der Waals surface area contributed by atoms with Crippen molar-refractivity contribution < 1.29 is 32.7 Å². The predicted octanol–water partition coefficient (Wildman–Crippen LogP) is 18.8. The number of ether oxygens (including phenoxy) is 3. The minimum atomic E-state index is -2.58. The Labute approximate surface area is 480 Å². The Hall–Kier alpha value is 0.136. The summed E-state index contributed by atoms with van der Waals surface area (Å²) in [6, 6.07) is 0.811. The normalized spacial score (nSPS) is 20.6. The predicted molar refractivity (Wildman–Crippen MR) is 343 cm³/mol. The molecule has 0 N–H and O–H groups in total. The topological polar surface area (TPSA) is 83.5 Å². The zero-order chi connectivity index (χ0) is 57.5. The number of nitrogens with zero attached hydrogens (tertiary/aromatic N) is 1. The van der Waals surface area contributed by atoms with E-state index < -0.39 is 74.9 Å². The van der Waals surface area contributed by atoms with E-state index in [-0.39, 0.29) is 52.0 Å². The molecule has 0 bridgehead atoms. The van der Waals surface area contributed by atoms with E-state index in [1.54, 1.807) is 0 Å². The van der Waals surface area contributed by atoms with Crippen molar-refractivity contribution in [3.8, 4) is 0 Å². The molecule has 0 saturated carbocycles. The van der Waals surface area contributed by atoms with Crippen LogP contribution in [-0.2, 0) is 32.7 Å². The molecule has 0 radical (unpaired) electrons. The molecule has 0 aromatic rings. The third-order valence-electron chi connectivity index (χ3n) is 17.7. The van der Waals surface area contributed by atoms with Gasteiger partial charge in [0.05, 0.1) is 6.04 Å². The van der Waals surface area contributed by atoms with Gasteiger partial charge in [-0.15, -0.1) is 0 Å². The molecule has 1 heterocycles. The Bertz CT molecular complexity index is 1830. The maximum atomic E-state index is 15.1. The summed E-state index contributed by atoms with van der Waals surface area (Å²) in [5.74, 6) is -0.699. The summed E-state index contributed by atoms with van der Waals surface area (Å²) >= 11 is -0.222. The van der Waals surface area contributed by atoms with Crippen LogP contribution in [0.2, 0.25) is 93.4 Å². The molecule has 1 fully saturated rings. The molecule has 0 aromatic heterocycles. The van der Waals surface area contributed by atoms with E-state index in [0.717, 1.165) is 21.6 Å². The van der Waals surface area contributed by atoms with Crippen LogP contribution in [0.25, 0.3) is 0 Å². The molecule has 74 heavy (non-hydrogen) atoms. The van der Waals surface area contributed by atoms with Crippen LogP contribution < -0.4 is 0 Å². The second-order valence-corrected chi connectivity index (χ2v) is 63.5. The Morgan fingerprint density at radius 1 is 0.770 bits per heavy atom. The Morgan fingerprint density at radius 3 is 1.70 bits per heavy atom. The van der Waals surface area contributed by atoms with Gasteiger partial charge in [-0.3, -0.25) is 9.59 Å².